The number of hydroxylamine groups is 3. The lowest BCUT2D eigenvalue weighted by atomic mass is 9.54. The van der Waals surface area contributed by atoms with Crippen molar-refractivity contribution in [1.82, 2.24) is 0 Å². The summed E-state index contributed by atoms with van der Waals surface area (Å²) < 4.78 is 5.26. The van der Waals surface area contributed by atoms with Gasteiger partial charge in [-0.25, -0.2) is 0 Å². The maximum absolute atomic E-state index is 14.0. The number of ether oxygens (including phenoxy) is 1. The van der Waals surface area contributed by atoms with Crippen LogP contribution in [0.2, 0.25) is 0 Å². The first-order valence-electron chi connectivity index (χ1n) is 9.72. The Balaban J connectivity index is 1.74. The molecule has 1 unspecified atom stereocenters. The number of quaternary nitrogens is 1. The second-order valence-electron chi connectivity index (χ2n) is 9.04. The van der Waals surface area contributed by atoms with Gasteiger partial charge >= 0.3 is 5.97 Å². The maximum Gasteiger partial charge on any atom is 0.315 e. The predicted molar refractivity (Wildman–Crippen MR) is 97.2 cm³/mol. The molecule has 3 aliphatic heterocycles. The van der Waals surface area contributed by atoms with E-state index in [0.717, 1.165) is 31.4 Å². The van der Waals surface area contributed by atoms with Gasteiger partial charge in [-0.05, 0) is 37.0 Å². The fourth-order valence-electron chi connectivity index (χ4n) is 7.93. The highest BCUT2D eigenvalue weighted by Gasteiger charge is 2.84. The third-order valence-electron chi connectivity index (χ3n) is 8.42. The summed E-state index contributed by atoms with van der Waals surface area (Å²) in [7, 11) is 1.50. The van der Waals surface area contributed by atoms with Crippen LogP contribution in [0.4, 0.5) is 5.69 Å². The highest BCUT2D eigenvalue weighted by molar-refractivity contribution is 5.86. The van der Waals surface area contributed by atoms with E-state index < -0.39 is 10.8 Å². The van der Waals surface area contributed by atoms with Gasteiger partial charge in [0.05, 0.1) is 25.6 Å². The molecule has 26 heavy (non-hydrogen) atoms. The molecule has 3 heterocycles. The molecule has 2 spiro atoms. The first-order chi connectivity index (χ1) is 12.5. The van der Waals surface area contributed by atoms with E-state index >= 15 is 0 Å². The molecule has 1 N–H and O–H groups in total. The summed E-state index contributed by atoms with van der Waals surface area (Å²) in [6, 6.07) is 8.31. The smallest absolute Gasteiger partial charge is 0.315 e. The fraction of sp³-hybridized carbons (Fsp3) is 0.571. The van der Waals surface area contributed by atoms with Crippen molar-refractivity contribution in [1.29, 1.82) is 0 Å². The Morgan fingerprint density at radius 1 is 1.35 bits per heavy atom. The molecular weight excluding hydrogens is 328 g/mol. The molecule has 5 aliphatic rings. The molecule has 6 atom stereocenters. The highest BCUT2D eigenvalue weighted by Crippen LogP contribution is 2.77. The molecular formula is C21H24N2O3. The van der Waals surface area contributed by atoms with Crippen LogP contribution in [0.3, 0.4) is 0 Å². The third kappa shape index (κ3) is 1.30. The van der Waals surface area contributed by atoms with Gasteiger partial charge in [0, 0.05) is 23.6 Å². The first-order valence-corrected chi connectivity index (χ1v) is 9.72. The predicted octanol–water partition coefficient (Wildman–Crippen LogP) is 2.72. The van der Waals surface area contributed by atoms with E-state index in [-0.39, 0.29) is 28.1 Å². The maximum atomic E-state index is 14.0. The van der Waals surface area contributed by atoms with Crippen molar-refractivity contribution in [2.45, 2.75) is 43.2 Å². The minimum atomic E-state index is -0.641. The number of carbonyl (C=O) groups excluding carboxylic acids is 1. The molecule has 1 aromatic carbocycles. The quantitative estimate of drug-likeness (QED) is 0.365. The van der Waals surface area contributed by atoms with Gasteiger partial charge in [-0.15, -0.1) is 0 Å². The van der Waals surface area contributed by atoms with Crippen LogP contribution in [0, 0.1) is 16.0 Å². The van der Waals surface area contributed by atoms with Gasteiger partial charge in [0.25, 0.3) is 0 Å². The van der Waals surface area contributed by atoms with Gasteiger partial charge in [0.2, 0.25) is 0 Å². The van der Waals surface area contributed by atoms with Crippen LogP contribution in [0.25, 0.3) is 0 Å². The monoisotopic (exact) mass is 352 g/mol. The normalized spacial score (nSPS) is 49.2. The van der Waals surface area contributed by atoms with E-state index in [1.165, 1.54) is 12.7 Å². The molecule has 6 rings (SSSR count). The Hall–Kier alpha value is -1.85. The highest BCUT2D eigenvalue weighted by atomic mass is 16.6. The van der Waals surface area contributed by atoms with Crippen molar-refractivity contribution in [3.05, 3.63) is 47.2 Å². The third-order valence-corrected chi connectivity index (χ3v) is 8.42. The molecule has 2 aliphatic carbocycles. The van der Waals surface area contributed by atoms with Crippen molar-refractivity contribution < 1.29 is 14.2 Å². The molecule has 0 radical (unpaired) electrons. The van der Waals surface area contributed by atoms with Gasteiger partial charge in [-0.3, -0.25) is 4.79 Å². The lowest BCUT2D eigenvalue weighted by molar-refractivity contribution is -0.897. The van der Waals surface area contributed by atoms with E-state index in [2.05, 4.69) is 29.6 Å². The number of nitrogens with zero attached hydrogens (tertiary/aromatic N) is 1. The van der Waals surface area contributed by atoms with Crippen LogP contribution >= 0.6 is 0 Å². The molecule has 5 nitrogen and oxygen atoms in total. The lowest BCUT2D eigenvalue weighted by Crippen LogP contribution is -2.63. The summed E-state index contributed by atoms with van der Waals surface area (Å²) >= 11 is 0. The number of methoxy groups -OCH3 is 1. The molecule has 3 fully saturated rings. The summed E-state index contributed by atoms with van der Waals surface area (Å²) in [5, 5.41) is 17.6. The average Bonchev–Trinajstić information content (AvgIpc) is 3.11. The number of esters is 1. The number of nitrogens with one attached hydrogen (secondary N) is 1. The zero-order valence-electron chi connectivity index (χ0n) is 15.0. The van der Waals surface area contributed by atoms with E-state index in [1.807, 2.05) is 12.1 Å². The van der Waals surface area contributed by atoms with Crippen LogP contribution in [0.15, 0.2) is 36.4 Å². The van der Waals surface area contributed by atoms with Crippen molar-refractivity contribution >= 4 is 11.7 Å². The summed E-state index contributed by atoms with van der Waals surface area (Å²) in [4.78, 5) is 13.4. The zero-order valence-corrected chi connectivity index (χ0v) is 15.0. The van der Waals surface area contributed by atoms with E-state index in [4.69, 9.17) is 4.74 Å². The standard InChI is InChI=1S/C21H24N2O3/c1-26-18(24)21-13-19-8-4-11-23(25)12-10-20(21,17(19)23)14-5-2-3-6-15(14)22-16(21)7-9-19/h2-6,8,16-17,22H,7,9-13H2,1H3/t16-,17-,19+,20+,21+,23?/m0/s1. The molecule has 0 amide bonds. The molecule has 2 saturated carbocycles. The molecule has 136 valence electrons. The Morgan fingerprint density at radius 2 is 2.19 bits per heavy atom. The topological polar surface area (TPSA) is 61.4 Å². The Morgan fingerprint density at radius 3 is 3.04 bits per heavy atom. The largest absolute Gasteiger partial charge is 0.632 e. The molecule has 1 saturated heterocycles. The fourth-order valence-corrected chi connectivity index (χ4v) is 7.93. The van der Waals surface area contributed by atoms with Crippen molar-refractivity contribution in [3.63, 3.8) is 0 Å². The van der Waals surface area contributed by atoms with Crippen molar-refractivity contribution in [2.75, 3.05) is 25.5 Å². The number of carbonyl (C=O) groups is 1. The van der Waals surface area contributed by atoms with E-state index in [0.29, 0.717) is 13.1 Å². The average molecular weight is 352 g/mol. The van der Waals surface area contributed by atoms with Gasteiger partial charge in [0.1, 0.15) is 11.5 Å². The summed E-state index contributed by atoms with van der Waals surface area (Å²) in [5.41, 5.74) is 1.04. The van der Waals surface area contributed by atoms with Crippen molar-refractivity contribution in [3.8, 4) is 0 Å². The van der Waals surface area contributed by atoms with E-state index in [9.17, 15) is 10.0 Å². The second-order valence-corrected chi connectivity index (χ2v) is 9.04. The number of fused-ring (bicyclic) bond motifs is 1. The molecule has 5 heteroatoms. The number of anilines is 1. The summed E-state index contributed by atoms with van der Waals surface area (Å²) in [6.45, 7) is 1.13. The molecule has 0 aromatic heterocycles. The second kappa shape index (κ2) is 4.34. The number of hydrogen-bond donors (Lipinski definition) is 1. The van der Waals surface area contributed by atoms with Crippen LogP contribution in [-0.4, -0.2) is 42.9 Å². The molecule has 2 bridgehead atoms. The number of benzene rings is 1. The van der Waals surface area contributed by atoms with Gasteiger partial charge in [-0.1, -0.05) is 24.3 Å². The zero-order chi connectivity index (χ0) is 17.8. The van der Waals surface area contributed by atoms with Gasteiger partial charge in [0.15, 0.2) is 0 Å². The SMILES string of the molecule is COC(=O)[C@]12C[C@@]34C=CC[N+]5([O-])CC[C@@]1(c1ccccc1N[C@H]2CC3)[C@H]45. The number of hydrogen-bond acceptors (Lipinski definition) is 4. The number of rotatable bonds is 1. The Labute approximate surface area is 153 Å². The van der Waals surface area contributed by atoms with E-state index in [1.54, 1.807) is 0 Å². The Bertz CT molecular complexity index is 869. The first kappa shape index (κ1) is 15.2. The lowest BCUT2D eigenvalue weighted by Gasteiger charge is -2.54. The van der Waals surface area contributed by atoms with Crippen molar-refractivity contribution in [2.24, 2.45) is 10.8 Å². The number of para-hydroxylation sites is 1. The van der Waals surface area contributed by atoms with Crippen LogP contribution < -0.4 is 5.32 Å². The van der Waals surface area contributed by atoms with Gasteiger partial charge < -0.3 is 19.9 Å². The Kier molecular flexibility index (Phi) is 2.54. The van der Waals surface area contributed by atoms with Gasteiger partial charge in [-0.2, -0.15) is 0 Å². The van der Waals surface area contributed by atoms with Crippen LogP contribution in [0.5, 0.6) is 0 Å². The molecule has 1 aromatic rings. The van der Waals surface area contributed by atoms with Crippen LogP contribution in [0.1, 0.15) is 31.2 Å². The minimum Gasteiger partial charge on any atom is -0.632 e. The summed E-state index contributed by atoms with van der Waals surface area (Å²) in [5.74, 6) is -0.125. The van der Waals surface area contributed by atoms with Crippen LogP contribution in [-0.2, 0) is 14.9 Å². The summed E-state index contributed by atoms with van der Waals surface area (Å²) in [6.07, 6.45) is 7.77. The minimum absolute atomic E-state index is 0.0426.